The number of ketones is 1. The quantitative estimate of drug-likeness (QED) is 0.762. The number of hydrogen-bond donors (Lipinski definition) is 0. The van der Waals surface area contributed by atoms with Gasteiger partial charge in [-0.2, -0.15) is 0 Å². The zero-order chi connectivity index (χ0) is 10.0. The lowest BCUT2D eigenvalue weighted by molar-refractivity contribution is 0.0677. The fourth-order valence-electron chi connectivity index (χ4n) is 0.842. The smallest absolute Gasteiger partial charge is 0.288 e. The van der Waals surface area contributed by atoms with E-state index >= 15 is 0 Å². The fraction of sp³-hybridized carbons (Fsp3) is 0.125. The zero-order valence-electron chi connectivity index (χ0n) is 6.23. The molecule has 1 aromatic carbocycles. The molecule has 70 valence electrons. The van der Waals surface area contributed by atoms with Gasteiger partial charge in [-0.25, -0.2) is 8.78 Å². The van der Waals surface area contributed by atoms with Crippen molar-refractivity contribution >= 4 is 37.6 Å². The van der Waals surface area contributed by atoms with Crippen LogP contribution in [-0.4, -0.2) is 12.2 Å². The highest BCUT2D eigenvalue weighted by molar-refractivity contribution is 9.11. The SMILES string of the molecule is O=C(c1c(Br)cccc1Br)C(F)F. The molecule has 13 heavy (non-hydrogen) atoms. The Balaban J connectivity index is 3.20. The molecule has 0 radical (unpaired) electrons. The fourth-order valence-corrected chi connectivity index (χ4v) is 2.23. The Kier molecular flexibility index (Phi) is 3.55. The van der Waals surface area contributed by atoms with E-state index in [1.54, 1.807) is 18.2 Å². The second-order valence-corrected chi connectivity index (χ2v) is 3.97. The third-order valence-corrected chi connectivity index (χ3v) is 2.73. The van der Waals surface area contributed by atoms with Crippen LogP contribution in [0.4, 0.5) is 8.78 Å². The molecule has 0 spiro atoms. The van der Waals surface area contributed by atoms with E-state index in [2.05, 4.69) is 31.9 Å². The van der Waals surface area contributed by atoms with Crippen LogP contribution >= 0.6 is 31.9 Å². The standard InChI is InChI=1S/C8H4Br2F2O/c9-4-2-1-3-5(10)6(4)7(13)8(11)12/h1-3,8H. The Morgan fingerprint density at radius 2 is 1.69 bits per heavy atom. The highest BCUT2D eigenvalue weighted by Crippen LogP contribution is 2.27. The number of rotatable bonds is 2. The lowest BCUT2D eigenvalue weighted by Gasteiger charge is -2.04. The van der Waals surface area contributed by atoms with Gasteiger partial charge in [0, 0.05) is 8.95 Å². The first-order chi connectivity index (χ1) is 6.04. The van der Waals surface area contributed by atoms with Crippen molar-refractivity contribution in [2.45, 2.75) is 6.43 Å². The lowest BCUT2D eigenvalue weighted by Crippen LogP contribution is -2.11. The summed E-state index contributed by atoms with van der Waals surface area (Å²) in [4.78, 5) is 11.0. The average Bonchev–Trinajstić information content (AvgIpc) is 2.03. The number of carbonyl (C=O) groups excluding carboxylic acids is 1. The molecule has 0 atom stereocenters. The molecule has 0 aliphatic rings. The minimum atomic E-state index is -2.98. The summed E-state index contributed by atoms with van der Waals surface area (Å²) in [5.41, 5.74) is -0.0162. The van der Waals surface area contributed by atoms with Gasteiger partial charge in [0.2, 0.25) is 5.78 Å². The van der Waals surface area contributed by atoms with Gasteiger partial charge in [0.05, 0.1) is 5.56 Å². The maximum atomic E-state index is 12.1. The van der Waals surface area contributed by atoms with E-state index in [1.807, 2.05) is 0 Å². The van der Waals surface area contributed by atoms with Gasteiger partial charge >= 0.3 is 6.43 Å². The van der Waals surface area contributed by atoms with Gasteiger partial charge in [-0.15, -0.1) is 0 Å². The van der Waals surface area contributed by atoms with Crippen LogP contribution in [0.1, 0.15) is 10.4 Å². The molecule has 0 aromatic heterocycles. The Bertz CT molecular complexity index is 319. The van der Waals surface area contributed by atoms with Crippen molar-refractivity contribution in [1.29, 1.82) is 0 Å². The number of Topliss-reactive ketones (excluding diaryl/α,β-unsaturated/α-hetero) is 1. The summed E-state index contributed by atoms with van der Waals surface area (Å²) in [6.07, 6.45) is -2.98. The normalized spacial score (nSPS) is 10.5. The minimum absolute atomic E-state index is 0.0162. The first kappa shape index (κ1) is 10.8. The van der Waals surface area contributed by atoms with E-state index in [4.69, 9.17) is 0 Å². The molecule has 0 saturated carbocycles. The van der Waals surface area contributed by atoms with Gasteiger partial charge in [0.25, 0.3) is 0 Å². The van der Waals surface area contributed by atoms with Crippen LogP contribution in [0.3, 0.4) is 0 Å². The molecule has 0 aliphatic carbocycles. The topological polar surface area (TPSA) is 17.1 Å². The Hall–Kier alpha value is -0.290. The van der Waals surface area contributed by atoms with Crippen molar-refractivity contribution in [2.75, 3.05) is 0 Å². The van der Waals surface area contributed by atoms with E-state index < -0.39 is 12.2 Å². The molecule has 0 aliphatic heterocycles. The van der Waals surface area contributed by atoms with Crippen LogP contribution in [-0.2, 0) is 0 Å². The molecule has 1 nitrogen and oxygen atoms in total. The Morgan fingerprint density at radius 1 is 1.23 bits per heavy atom. The average molecular weight is 314 g/mol. The third-order valence-electron chi connectivity index (χ3n) is 1.41. The highest BCUT2D eigenvalue weighted by Gasteiger charge is 2.22. The van der Waals surface area contributed by atoms with Gasteiger partial charge in [-0.05, 0) is 12.1 Å². The van der Waals surface area contributed by atoms with Gasteiger partial charge in [-0.3, -0.25) is 4.79 Å². The molecule has 0 bridgehead atoms. The maximum absolute atomic E-state index is 12.1. The van der Waals surface area contributed by atoms with Crippen molar-refractivity contribution in [2.24, 2.45) is 0 Å². The predicted molar refractivity (Wildman–Crippen MR) is 52.2 cm³/mol. The molecule has 0 unspecified atom stereocenters. The molecular weight excluding hydrogens is 310 g/mol. The van der Waals surface area contributed by atoms with Crippen LogP contribution in [0.2, 0.25) is 0 Å². The second-order valence-electron chi connectivity index (χ2n) is 2.26. The summed E-state index contributed by atoms with van der Waals surface area (Å²) in [6.45, 7) is 0. The van der Waals surface area contributed by atoms with Crippen molar-refractivity contribution in [3.8, 4) is 0 Å². The second kappa shape index (κ2) is 4.28. The molecule has 1 aromatic rings. The van der Waals surface area contributed by atoms with E-state index in [0.717, 1.165) is 0 Å². The molecular formula is C8H4Br2F2O. The van der Waals surface area contributed by atoms with E-state index in [0.29, 0.717) is 8.95 Å². The third kappa shape index (κ3) is 2.34. The molecule has 0 heterocycles. The number of halogens is 4. The summed E-state index contributed by atoms with van der Waals surface area (Å²) < 4.78 is 24.9. The van der Waals surface area contributed by atoms with Crippen LogP contribution in [0, 0.1) is 0 Å². The largest absolute Gasteiger partial charge is 0.300 e. The van der Waals surface area contributed by atoms with Crippen molar-refractivity contribution in [1.82, 2.24) is 0 Å². The molecule has 0 fully saturated rings. The summed E-state index contributed by atoms with van der Waals surface area (Å²) in [7, 11) is 0. The molecule has 0 N–H and O–H groups in total. The molecule has 0 saturated heterocycles. The molecule has 1 rings (SSSR count). The minimum Gasteiger partial charge on any atom is -0.288 e. The van der Waals surface area contributed by atoms with E-state index in [-0.39, 0.29) is 5.56 Å². The van der Waals surface area contributed by atoms with Crippen molar-refractivity contribution in [3.05, 3.63) is 32.7 Å². The van der Waals surface area contributed by atoms with Crippen LogP contribution < -0.4 is 0 Å². The zero-order valence-corrected chi connectivity index (χ0v) is 9.40. The first-order valence-corrected chi connectivity index (χ1v) is 4.89. The van der Waals surface area contributed by atoms with Gasteiger partial charge in [-0.1, -0.05) is 37.9 Å². The monoisotopic (exact) mass is 312 g/mol. The summed E-state index contributed by atoms with van der Waals surface area (Å²) in [5, 5.41) is 0. The lowest BCUT2D eigenvalue weighted by atomic mass is 10.1. The van der Waals surface area contributed by atoms with Gasteiger partial charge in [0.15, 0.2) is 0 Å². The van der Waals surface area contributed by atoms with Crippen molar-refractivity contribution in [3.63, 3.8) is 0 Å². The first-order valence-electron chi connectivity index (χ1n) is 3.30. The number of hydrogen-bond acceptors (Lipinski definition) is 1. The van der Waals surface area contributed by atoms with Crippen molar-refractivity contribution < 1.29 is 13.6 Å². The maximum Gasteiger partial charge on any atom is 0.300 e. The predicted octanol–water partition coefficient (Wildman–Crippen LogP) is 3.66. The van der Waals surface area contributed by atoms with Crippen LogP contribution in [0.15, 0.2) is 27.1 Å². The Morgan fingerprint density at radius 3 is 2.08 bits per heavy atom. The summed E-state index contributed by atoms with van der Waals surface area (Å²) in [5.74, 6) is -1.18. The Labute approximate surface area is 90.4 Å². The summed E-state index contributed by atoms with van der Waals surface area (Å²) in [6, 6.07) is 4.73. The molecule has 5 heteroatoms. The van der Waals surface area contributed by atoms with E-state index in [1.165, 1.54) is 0 Å². The van der Waals surface area contributed by atoms with Gasteiger partial charge in [0.1, 0.15) is 0 Å². The number of carbonyl (C=O) groups is 1. The number of alkyl halides is 2. The highest BCUT2D eigenvalue weighted by atomic mass is 79.9. The molecule has 0 amide bonds. The van der Waals surface area contributed by atoms with E-state index in [9.17, 15) is 13.6 Å². The van der Waals surface area contributed by atoms with Crippen LogP contribution in [0.5, 0.6) is 0 Å². The number of benzene rings is 1. The summed E-state index contributed by atoms with van der Waals surface area (Å²) >= 11 is 6.06. The van der Waals surface area contributed by atoms with Gasteiger partial charge < -0.3 is 0 Å². The van der Waals surface area contributed by atoms with Crippen LogP contribution in [0.25, 0.3) is 0 Å².